The molecule has 1 atom stereocenters. The summed E-state index contributed by atoms with van der Waals surface area (Å²) in [5.74, 6) is -0.0700. The van der Waals surface area contributed by atoms with Crippen molar-refractivity contribution in [1.29, 1.82) is 0 Å². The smallest absolute Gasteiger partial charge is 0.243 e. The minimum atomic E-state index is -3.68. The van der Waals surface area contributed by atoms with Crippen LogP contribution in [0.3, 0.4) is 0 Å². The summed E-state index contributed by atoms with van der Waals surface area (Å²) in [6.45, 7) is 2.74. The fourth-order valence-corrected chi connectivity index (χ4v) is 4.72. The van der Waals surface area contributed by atoms with E-state index in [1.165, 1.54) is 16.4 Å². The van der Waals surface area contributed by atoms with E-state index in [0.717, 1.165) is 17.9 Å². The quantitative estimate of drug-likeness (QED) is 0.747. The molecule has 0 spiro atoms. The molecular weight excluding hydrogens is 395 g/mol. The molecule has 0 saturated carbocycles. The fourth-order valence-electron chi connectivity index (χ4n) is 3.25. The van der Waals surface area contributed by atoms with E-state index < -0.39 is 15.8 Å². The number of nitrogens with one attached hydrogen (secondary N) is 1. The molecule has 1 unspecified atom stereocenters. The summed E-state index contributed by atoms with van der Waals surface area (Å²) in [6.07, 6.45) is 0.886. The van der Waals surface area contributed by atoms with Gasteiger partial charge in [0.05, 0.1) is 10.9 Å². The first kappa shape index (κ1) is 21.3. The Kier molecular flexibility index (Phi) is 6.87. The van der Waals surface area contributed by atoms with Gasteiger partial charge < -0.3 is 10.1 Å². The van der Waals surface area contributed by atoms with Crippen molar-refractivity contribution in [2.75, 3.05) is 19.7 Å². The monoisotopic (exact) mass is 420 g/mol. The summed E-state index contributed by atoms with van der Waals surface area (Å²) < 4.78 is 45.4. The molecule has 6 nitrogen and oxygen atoms in total. The van der Waals surface area contributed by atoms with Crippen molar-refractivity contribution in [3.05, 3.63) is 60.4 Å². The van der Waals surface area contributed by atoms with Crippen molar-refractivity contribution in [1.82, 2.24) is 9.62 Å². The number of carbonyl (C=O) groups is 1. The Balaban J connectivity index is 1.48. The zero-order valence-corrected chi connectivity index (χ0v) is 17.1. The Morgan fingerprint density at radius 1 is 1.14 bits per heavy atom. The number of halogens is 1. The van der Waals surface area contributed by atoms with Gasteiger partial charge in [0.25, 0.3) is 0 Å². The number of hydrogen-bond donors (Lipinski definition) is 1. The maximum absolute atomic E-state index is 13.1. The van der Waals surface area contributed by atoms with Crippen molar-refractivity contribution < 1.29 is 22.3 Å². The minimum Gasteiger partial charge on any atom is -0.491 e. The van der Waals surface area contributed by atoms with Crippen molar-refractivity contribution in [3.63, 3.8) is 0 Å². The highest BCUT2D eigenvalue weighted by Gasteiger charge is 2.32. The predicted molar refractivity (Wildman–Crippen MR) is 107 cm³/mol. The van der Waals surface area contributed by atoms with E-state index in [-0.39, 0.29) is 35.9 Å². The van der Waals surface area contributed by atoms with Gasteiger partial charge in [0.2, 0.25) is 15.9 Å². The van der Waals surface area contributed by atoms with Gasteiger partial charge in [-0.3, -0.25) is 4.79 Å². The topological polar surface area (TPSA) is 75.7 Å². The number of nitrogens with zero attached hydrogens (tertiary/aromatic N) is 1. The number of benzene rings is 2. The van der Waals surface area contributed by atoms with Crippen LogP contribution < -0.4 is 10.1 Å². The third kappa shape index (κ3) is 5.55. The van der Waals surface area contributed by atoms with Crippen molar-refractivity contribution in [3.8, 4) is 5.75 Å². The zero-order chi connectivity index (χ0) is 20.9. The summed E-state index contributed by atoms with van der Waals surface area (Å²) in [5.41, 5.74) is 0. The number of hydrogen-bond acceptors (Lipinski definition) is 4. The molecule has 1 aliphatic rings. The number of ether oxygens (including phenoxy) is 1. The van der Waals surface area contributed by atoms with Crippen LogP contribution in [0.5, 0.6) is 5.75 Å². The third-order valence-corrected chi connectivity index (χ3v) is 6.82. The van der Waals surface area contributed by atoms with Crippen LogP contribution in [-0.4, -0.2) is 44.4 Å². The molecule has 2 aromatic carbocycles. The van der Waals surface area contributed by atoms with Crippen molar-refractivity contribution >= 4 is 15.9 Å². The predicted octanol–water partition coefficient (Wildman–Crippen LogP) is 2.81. The molecule has 0 radical (unpaired) electrons. The van der Waals surface area contributed by atoms with E-state index in [0.29, 0.717) is 19.4 Å². The Labute approximate surface area is 170 Å². The Bertz CT molecular complexity index is 911. The average Bonchev–Trinajstić information content (AvgIpc) is 2.73. The lowest BCUT2D eigenvalue weighted by Crippen LogP contribution is -2.45. The van der Waals surface area contributed by atoms with E-state index >= 15 is 0 Å². The highest BCUT2D eigenvalue weighted by molar-refractivity contribution is 7.89. The lowest BCUT2D eigenvalue weighted by molar-refractivity contribution is -0.126. The van der Waals surface area contributed by atoms with E-state index in [2.05, 4.69) is 5.32 Å². The Hall–Kier alpha value is -2.45. The molecule has 2 aromatic rings. The second kappa shape index (κ2) is 9.37. The van der Waals surface area contributed by atoms with Crippen molar-refractivity contribution in [2.45, 2.75) is 30.7 Å². The normalized spacial score (nSPS) is 16.9. The Morgan fingerprint density at radius 2 is 1.76 bits per heavy atom. The van der Waals surface area contributed by atoms with Gasteiger partial charge in [-0.1, -0.05) is 18.2 Å². The highest BCUT2D eigenvalue weighted by Crippen LogP contribution is 2.24. The lowest BCUT2D eigenvalue weighted by Gasteiger charge is -2.31. The molecule has 0 aliphatic carbocycles. The van der Waals surface area contributed by atoms with Crippen LogP contribution in [-0.2, 0) is 14.8 Å². The maximum atomic E-state index is 13.1. The summed E-state index contributed by atoms with van der Waals surface area (Å²) in [7, 11) is -3.68. The summed E-state index contributed by atoms with van der Waals surface area (Å²) in [4.78, 5) is 12.6. The zero-order valence-electron chi connectivity index (χ0n) is 16.3. The highest BCUT2D eigenvalue weighted by atomic mass is 32.2. The van der Waals surface area contributed by atoms with E-state index in [4.69, 9.17) is 4.74 Å². The summed E-state index contributed by atoms with van der Waals surface area (Å²) in [6, 6.07) is 14.0. The standard InChI is InChI=1S/C21H25FN2O4S/c1-16(15-28-19-5-3-2-4-6-19)23-21(25)17-11-13-24(14-12-17)29(26,27)20-9-7-18(22)8-10-20/h2-10,16-17H,11-15H2,1H3,(H,23,25). The summed E-state index contributed by atoms with van der Waals surface area (Å²) >= 11 is 0. The molecule has 0 aromatic heterocycles. The van der Waals surface area contributed by atoms with Crippen LogP contribution in [0.2, 0.25) is 0 Å². The van der Waals surface area contributed by atoms with Gasteiger partial charge in [0, 0.05) is 19.0 Å². The molecule has 29 heavy (non-hydrogen) atoms. The molecule has 8 heteroatoms. The van der Waals surface area contributed by atoms with Gasteiger partial charge in [-0.15, -0.1) is 0 Å². The lowest BCUT2D eigenvalue weighted by atomic mass is 9.97. The van der Waals surface area contributed by atoms with Crippen LogP contribution >= 0.6 is 0 Å². The van der Waals surface area contributed by atoms with Gasteiger partial charge in [-0.05, 0) is 56.2 Å². The largest absolute Gasteiger partial charge is 0.491 e. The van der Waals surface area contributed by atoms with Crippen LogP contribution in [0.1, 0.15) is 19.8 Å². The molecule has 1 aliphatic heterocycles. The molecular formula is C21H25FN2O4S. The molecule has 1 fully saturated rings. The van der Waals surface area contributed by atoms with E-state index in [1.807, 2.05) is 37.3 Å². The number of para-hydroxylation sites is 1. The number of piperidine rings is 1. The number of rotatable bonds is 7. The van der Waals surface area contributed by atoms with E-state index in [9.17, 15) is 17.6 Å². The molecule has 1 amide bonds. The van der Waals surface area contributed by atoms with Gasteiger partial charge in [0.15, 0.2) is 0 Å². The first-order valence-corrected chi connectivity index (χ1v) is 11.0. The first-order chi connectivity index (χ1) is 13.9. The maximum Gasteiger partial charge on any atom is 0.243 e. The number of carbonyl (C=O) groups excluding carboxylic acids is 1. The van der Waals surface area contributed by atoms with Gasteiger partial charge in [0.1, 0.15) is 18.2 Å². The molecule has 3 rings (SSSR count). The van der Waals surface area contributed by atoms with Crippen LogP contribution in [0.25, 0.3) is 0 Å². The van der Waals surface area contributed by atoms with Crippen molar-refractivity contribution in [2.24, 2.45) is 5.92 Å². The minimum absolute atomic E-state index is 0.0634. The third-order valence-electron chi connectivity index (χ3n) is 4.91. The van der Waals surface area contributed by atoms with Gasteiger partial charge in [-0.2, -0.15) is 4.31 Å². The first-order valence-electron chi connectivity index (χ1n) is 9.60. The second-order valence-electron chi connectivity index (χ2n) is 7.17. The summed E-state index contributed by atoms with van der Waals surface area (Å²) in [5, 5.41) is 2.94. The van der Waals surface area contributed by atoms with Crippen LogP contribution in [0.15, 0.2) is 59.5 Å². The molecule has 1 N–H and O–H groups in total. The van der Waals surface area contributed by atoms with Crippen LogP contribution in [0.4, 0.5) is 4.39 Å². The molecule has 1 heterocycles. The fraction of sp³-hybridized carbons (Fsp3) is 0.381. The number of sulfonamides is 1. The SMILES string of the molecule is CC(COc1ccccc1)NC(=O)C1CCN(S(=O)(=O)c2ccc(F)cc2)CC1. The van der Waals surface area contributed by atoms with E-state index in [1.54, 1.807) is 0 Å². The molecule has 0 bridgehead atoms. The second-order valence-corrected chi connectivity index (χ2v) is 9.10. The number of amides is 1. The average molecular weight is 421 g/mol. The van der Waals surface area contributed by atoms with Crippen LogP contribution in [0, 0.1) is 11.7 Å². The van der Waals surface area contributed by atoms with Gasteiger partial charge >= 0.3 is 0 Å². The Morgan fingerprint density at radius 3 is 2.38 bits per heavy atom. The molecule has 1 saturated heterocycles. The molecule has 156 valence electrons. The van der Waals surface area contributed by atoms with Gasteiger partial charge in [-0.25, -0.2) is 12.8 Å².